The number of aliphatic carboxylic acids is 1. The second-order valence-electron chi connectivity index (χ2n) is 5.46. The van der Waals surface area contributed by atoms with E-state index in [1.807, 2.05) is 0 Å². The zero-order valence-corrected chi connectivity index (χ0v) is 11.9. The van der Waals surface area contributed by atoms with E-state index in [2.05, 4.69) is 17.6 Å². The highest BCUT2D eigenvalue weighted by Crippen LogP contribution is 2.24. The Kier molecular flexibility index (Phi) is 5.94. The van der Waals surface area contributed by atoms with E-state index in [0.29, 0.717) is 5.92 Å². The van der Waals surface area contributed by atoms with Crippen molar-refractivity contribution >= 4 is 17.8 Å². The summed E-state index contributed by atoms with van der Waals surface area (Å²) in [7, 11) is 0. The van der Waals surface area contributed by atoms with E-state index in [1.54, 1.807) is 6.92 Å². The summed E-state index contributed by atoms with van der Waals surface area (Å²) >= 11 is 0. The van der Waals surface area contributed by atoms with Gasteiger partial charge in [0.25, 0.3) is 0 Å². The number of carbonyl (C=O) groups excluding carboxylic acids is 2. The summed E-state index contributed by atoms with van der Waals surface area (Å²) in [6.07, 6.45) is 2.68. The molecule has 0 spiro atoms. The predicted octanol–water partition coefficient (Wildman–Crippen LogP) is -0.402. The molecule has 0 saturated heterocycles. The van der Waals surface area contributed by atoms with Crippen LogP contribution in [-0.4, -0.2) is 41.0 Å². The Morgan fingerprint density at radius 1 is 1.30 bits per heavy atom. The van der Waals surface area contributed by atoms with Gasteiger partial charge in [0.05, 0.1) is 12.5 Å². The maximum Gasteiger partial charge on any atom is 0.305 e. The summed E-state index contributed by atoms with van der Waals surface area (Å²) in [5, 5.41) is 13.9. The van der Waals surface area contributed by atoms with E-state index in [4.69, 9.17) is 10.8 Å². The highest BCUT2D eigenvalue weighted by atomic mass is 16.4. The first-order valence-corrected chi connectivity index (χ1v) is 6.89. The Labute approximate surface area is 118 Å². The number of rotatable bonds is 6. The maximum absolute atomic E-state index is 11.9. The molecule has 1 fully saturated rings. The van der Waals surface area contributed by atoms with Gasteiger partial charge in [0.2, 0.25) is 11.8 Å². The molecule has 0 bridgehead atoms. The van der Waals surface area contributed by atoms with Crippen molar-refractivity contribution in [3.8, 4) is 0 Å². The van der Waals surface area contributed by atoms with Gasteiger partial charge in [0, 0.05) is 6.04 Å². The average molecular weight is 285 g/mol. The van der Waals surface area contributed by atoms with Gasteiger partial charge in [-0.2, -0.15) is 0 Å². The van der Waals surface area contributed by atoms with Crippen molar-refractivity contribution in [2.75, 3.05) is 0 Å². The summed E-state index contributed by atoms with van der Waals surface area (Å²) < 4.78 is 0. The Morgan fingerprint density at radius 3 is 2.45 bits per heavy atom. The zero-order valence-electron chi connectivity index (χ0n) is 11.9. The lowest BCUT2D eigenvalue weighted by molar-refractivity contribution is -0.139. The quantitative estimate of drug-likeness (QED) is 0.529. The normalized spacial score (nSPS) is 24.8. The minimum Gasteiger partial charge on any atom is -0.481 e. The molecule has 0 aromatic heterocycles. The molecule has 0 aromatic carbocycles. The van der Waals surface area contributed by atoms with Gasteiger partial charge >= 0.3 is 5.97 Å². The average Bonchev–Trinajstić information content (AvgIpc) is 2.73. The first-order chi connectivity index (χ1) is 9.31. The Balaban J connectivity index is 2.41. The second kappa shape index (κ2) is 7.23. The zero-order chi connectivity index (χ0) is 15.3. The minimum absolute atomic E-state index is 0.148. The molecule has 7 nitrogen and oxygen atoms in total. The molecule has 5 N–H and O–H groups in total. The molecular weight excluding hydrogens is 262 g/mol. The first-order valence-electron chi connectivity index (χ1n) is 6.89. The molecule has 20 heavy (non-hydrogen) atoms. The summed E-state index contributed by atoms with van der Waals surface area (Å²) in [6.45, 7) is 3.64. The molecule has 1 rings (SSSR count). The van der Waals surface area contributed by atoms with Gasteiger partial charge in [-0.05, 0) is 25.7 Å². The smallest absolute Gasteiger partial charge is 0.305 e. The molecule has 1 aliphatic carbocycles. The van der Waals surface area contributed by atoms with Gasteiger partial charge in [-0.25, -0.2) is 0 Å². The first kappa shape index (κ1) is 16.4. The molecule has 0 aliphatic heterocycles. The third-order valence-corrected chi connectivity index (χ3v) is 3.67. The number of nitrogens with one attached hydrogen (secondary N) is 2. The number of carbonyl (C=O) groups is 3. The summed E-state index contributed by atoms with van der Waals surface area (Å²) in [4.78, 5) is 34.0. The number of amides is 2. The summed E-state index contributed by atoms with van der Waals surface area (Å²) in [5.74, 6) is -1.60. The number of carboxylic acids is 1. The minimum atomic E-state index is -1.15. The monoisotopic (exact) mass is 285 g/mol. The number of nitrogens with two attached hydrogens (primary N) is 1. The van der Waals surface area contributed by atoms with Crippen LogP contribution >= 0.6 is 0 Å². The Morgan fingerprint density at radius 2 is 1.95 bits per heavy atom. The maximum atomic E-state index is 11.9. The predicted molar refractivity (Wildman–Crippen MR) is 72.8 cm³/mol. The van der Waals surface area contributed by atoms with Crippen molar-refractivity contribution in [1.82, 2.24) is 10.6 Å². The van der Waals surface area contributed by atoms with Crippen LogP contribution in [0.25, 0.3) is 0 Å². The molecular formula is C13H23N3O4. The van der Waals surface area contributed by atoms with Crippen molar-refractivity contribution in [2.24, 2.45) is 11.7 Å². The van der Waals surface area contributed by atoms with Gasteiger partial charge in [0.15, 0.2) is 0 Å². The van der Waals surface area contributed by atoms with Gasteiger partial charge in [-0.3, -0.25) is 14.4 Å². The highest BCUT2D eigenvalue weighted by molar-refractivity contribution is 5.91. The van der Waals surface area contributed by atoms with Gasteiger partial charge in [-0.1, -0.05) is 13.3 Å². The van der Waals surface area contributed by atoms with Crippen LogP contribution in [0.3, 0.4) is 0 Å². The van der Waals surface area contributed by atoms with Gasteiger partial charge < -0.3 is 21.5 Å². The van der Waals surface area contributed by atoms with Crippen LogP contribution in [0.15, 0.2) is 0 Å². The standard InChI is InChI=1S/C13H23N3O4/c1-7-4-3-5-10(7)16-12(19)8(2)15-13(20)9(14)6-11(17)18/h7-10H,3-6,14H2,1-2H3,(H,15,20)(H,16,19)(H,17,18)/t7-,8+,9-,10-/m0/s1. The van der Waals surface area contributed by atoms with Crippen LogP contribution in [0.2, 0.25) is 0 Å². The third kappa shape index (κ3) is 4.80. The van der Waals surface area contributed by atoms with Crippen molar-refractivity contribution in [3.63, 3.8) is 0 Å². The molecule has 0 aromatic rings. The van der Waals surface area contributed by atoms with E-state index in [1.165, 1.54) is 0 Å². The van der Waals surface area contributed by atoms with E-state index in [-0.39, 0.29) is 11.9 Å². The lowest BCUT2D eigenvalue weighted by Gasteiger charge is -2.21. The van der Waals surface area contributed by atoms with Crippen LogP contribution in [0.1, 0.15) is 39.5 Å². The van der Waals surface area contributed by atoms with Crippen molar-refractivity contribution in [2.45, 2.75) is 57.7 Å². The topological polar surface area (TPSA) is 122 Å². The Hall–Kier alpha value is -1.63. The molecule has 7 heteroatoms. The number of hydrogen-bond acceptors (Lipinski definition) is 4. The van der Waals surface area contributed by atoms with E-state index in [9.17, 15) is 14.4 Å². The van der Waals surface area contributed by atoms with E-state index in [0.717, 1.165) is 19.3 Å². The molecule has 0 heterocycles. The summed E-state index contributed by atoms with van der Waals surface area (Å²) in [6, 6.07) is -1.72. The van der Waals surface area contributed by atoms with Crippen LogP contribution in [0, 0.1) is 5.92 Å². The van der Waals surface area contributed by atoms with Crippen LogP contribution in [0.4, 0.5) is 0 Å². The van der Waals surface area contributed by atoms with Gasteiger partial charge in [0.1, 0.15) is 6.04 Å². The Bertz CT molecular complexity index is 386. The number of hydrogen-bond donors (Lipinski definition) is 4. The molecule has 1 saturated carbocycles. The fourth-order valence-electron chi connectivity index (χ4n) is 2.33. The summed E-state index contributed by atoms with van der Waals surface area (Å²) in [5.41, 5.74) is 5.43. The largest absolute Gasteiger partial charge is 0.481 e. The lowest BCUT2D eigenvalue weighted by atomic mass is 10.1. The lowest BCUT2D eigenvalue weighted by Crippen LogP contribution is -2.52. The molecule has 1 aliphatic rings. The van der Waals surface area contributed by atoms with Crippen LogP contribution in [0.5, 0.6) is 0 Å². The molecule has 2 amide bonds. The molecule has 4 atom stereocenters. The van der Waals surface area contributed by atoms with E-state index >= 15 is 0 Å². The fraction of sp³-hybridized carbons (Fsp3) is 0.769. The van der Waals surface area contributed by atoms with Crippen LogP contribution < -0.4 is 16.4 Å². The molecule has 0 radical (unpaired) electrons. The van der Waals surface area contributed by atoms with Crippen LogP contribution in [-0.2, 0) is 14.4 Å². The van der Waals surface area contributed by atoms with Crippen molar-refractivity contribution in [1.29, 1.82) is 0 Å². The third-order valence-electron chi connectivity index (χ3n) is 3.67. The van der Waals surface area contributed by atoms with Crippen molar-refractivity contribution in [3.05, 3.63) is 0 Å². The van der Waals surface area contributed by atoms with E-state index < -0.39 is 30.4 Å². The molecule has 0 unspecified atom stereocenters. The second-order valence-corrected chi connectivity index (χ2v) is 5.46. The highest BCUT2D eigenvalue weighted by Gasteiger charge is 2.27. The van der Waals surface area contributed by atoms with Crippen molar-refractivity contribution < 1.29 is 19.5 Å². The molecule has 114 valence electrons. The number of carboxylic acid groups (broad SMARTS) is 1. The SMILES string of the molecule is C[C@@H](NC(=O)[C@@H](N)CC(=O)O)C(=O)N[C@H]1CCC[C@@H]1C. The van der Waals surface area contributed by atoms with Gasteiger partial charge in [-0.15, -0.1) is 0 Å². The fourth-order valence-corrected chi connectivity index (χ4v) is 2.33.